The molecule has 0 aliphatic carbocycles. The number of fused-ring (bicyclic) bond motifs is 1. The Kier molecular flexibility index (Phi) is 3.10. The Morgan fingerprint density at radius 1 is 1.33 bits per heavy atom. The highest BCUT2D eigenvalue weighted by Crippen LogP contribution is 2.33. The molecular formula is C15H11FN2O2S. The first kappa shape index (κ1) is 13.5. The highest BCUT2D eigenvalue weighted by atomic mass is 32.1. The first-order chi connectivity index (χ1) is 9.95. The summed E-state index contributed by atoms with van der Waals surface area (Å²) in [5.74, 6) is -1.38. The molecule has 3 rings (SSSR count). The topological polar surface area (TPSA) is 76.2 Å². The lowest BCUT2D eigenvalue weighted by Crippen LogP contribution is -1.92. The summed E-state index contributed by atoms with van der Waals surface area (Å²) in [7, 11) is 0. The fourth-order valence-corrected chi connectivity index (χ4v) is 3.01. The number of anilines is 1. The average Bonchev–Trinajstić information content (AvgIpc) is 2.86. The van der Waals surface area contributed by atoms with Gasteiger partial charge in [0.15, 0.2) is 0 Å². The number of aromatic carboxylic acids is 1. The van der Waals surface area contributed by atoms with Crippen molar-refractivity contribution >= 4 is 33.8 Å². The number of nitrogens with zero attached hydrogens (tertiary/aromatic N) is 1. The fourth-order valence-electron chi connectivity index (χ4n) is 2.27. The number of nitrogen functional groups attached to an aromatic ring is 1. The van der Waals surface area contributed by atoms with E-state index in [2.05, 4.69) is 4.98 Å². The molecule has 2 aromatic carbocycles. The maximum Gasteiger partial charge on any atom is 0.347 e. The normalized spacial score (nSPS) is 11.0. The van der Waals surface area contributed by atoms with Crippen LogP contribution in [-0.2, 0) is 0 Å². The molecule has 3 N–H and O–H groups in total. The molecule has 0 bridgehead atoms. The highest BCUT2D eigenvalue weighted by molar-refractivity contribution is 7.16. The molecule has 0 amide bonds. The van der Waals surface area contributed by atoms with Crippen molar-refractivity contribution in [3.05, 3.63) is 46.7 Å². The van der Waals surface area contributed by atoms with Gasteiger partial charge in [-0.15, -0.1) is 11.3 Å². The number of rotatable bonds is 2. The molecule has 0 spiro atoms. The van der Waals surface area contributed by atoms with Crippen LogP contribution < -0.4 is 5.73 Å². The summed E-state index contributed by atoms with van der Waals surface area (Å²) in [5.41, 5.74) is 7.72. The molecule has 0 aliphatic rings. The van der Waals surface area contributed by atoms with Crippen molar-refractivity contribution in [2.24, 2.45) is 0 Å². The van der Waals surface area contributed by atoms with Crippen LogP contribution in [-0.4, -0.2) is 16.1 Å². The predicted molar refractivity (Wildman–Crippen MR) is 81.1 cm³/mol. The average molecular weight is 302 g/mol. The van der Waals surface area contributed by atoms with Crippen LogP contribution in [0.4, 0.5) is 10.1 Å². The van der Waals surface area contributed by atoms with E-state index in [1.54, 1.807) is 19.1 Å². The van der Waals surface area contributed by atoms with Gasteiger partial charge in [-0.25, -0.2) is 14.2 Å². The molecule has 106 valence electrons. The van der Waals surface area contributed by atoms with Gasteiger partial charge in [-0.3, -0.25) is 0 Å². The molecule has 0 saturated carbocycles. The second-order valence-corrected chi connectivity index (χ2v) is 5.78. The third-order valence-corrected chi connectivity index (χ3v) is 4.17. The van der Waals surface area contributed by atoms with E-state index in [9.17, 15) is 9.18 Å². The van der Waals surface area contributed by atoms with Crippen LogP contribution in [0.2, 0.25) is 0 Å². The molecule has 0 saturated heterocycles. The van der Waals surface area contributed by atoms with Gasteiger partial charge in [0, 0.05) is 16.6 Å². The smallest absolute Gasteiger partial charge is 0.347 e. The number of carbonyl (C=O) groups is 1. The number of carboxylic acid groups (broad SMARTS) is 1. The van der Waals surface area contributed by atoms with E-state index in [4.69, 9.17) is 10.8 Å². The molecule has 3 aromatic rings. The van der Waals surface area contributed by atoms with Gasteiger partial charge < -0.3 is 10.8 Å². The first-order valence-corrected chi connectivity index (χ1v) is 6.96. The van der Waals surface area contributed by atoms with E-state index < -0.39 is 5.97 Å². The summed E-state index contributed by atoms with van der Waals surface area (Å²) in [6.45, 7) is 1.80. The van der Waals surface area contributed by atoms with Gasteiger partial charge in [0.1, 0.15) is 15.7 Å². The van der Waals surface area contributed by atoms with Crippen molar-refractivity contribution in [1.29, 1.82) is 0 Å². The molecule has 0 fully saturated rings. The summed E-state index contributed by atoms with van der Waals surface area (Å²) in [6.07, 6.45) is 1.31. The van der Waals surface area contributed by atoms with Gasteiger partial charge in [0.25, 0.3) is 0 Å². The number of halogens is 1. The van der Waals surface area contributed by atoms with E-state index in [1.165, 1.54) is 12.3 Å². The lowest BCUT2D eigenvalue weighted by Gasteiger charge is -2.07. The number of hydrogen-bond acceptors (Lipinski definition) is 4. The Morgan fingerprint density at radius 3 is 2.76 bits per heavy atom. The summed E-state index contributed by atoms with van der Waals surface area (Å²) >= 11 is 1.06. The number of benzene rings is 2. The Bertz CT molecular complexity index is 873. The first-order valence-electron chi connectivity index (χ1n) is 6.14. The summed E-state index contributed by atoms with van der Waals surface area (Å²) < 4.78 is 14.0. The Balaban J connectivity index is 2.22. The van der Waals surface area contributed by atoms with E-state index in [-0.39, 0.29) is 10.7 Å². The van der Waals surface area contributed by atoms with Crippen LogP contribution in [0.25, 0.3) is 21.3 Å². The van der Waals surface area contributed by atoms with E-state index in [0.717, 1.165) is 16.9 Å². The predicted octanol–water partition coefficient (Wildman–Crippen LogP) is 3.69. The van der Waals surface area contributed by atoms with Crippen molar-refractivity contribution < 1.29 is 14.3 Å². The highest BCUT2D eigenvalue weighted by Gasteiger charge is 2.13. The molecule has 0 radical (unpaired) electrons. The third-order valence-electron chi connectivity index (χ3n) is 3.14. The minimum atomic E-state index is -1.02. The molecule has 6 heteroatoms. The van der Waals surface area contributed by atoms with Crippen LogP contribution >= 0.6 is 11.3 Å². The van der Waals surface area contributed by atoms with Crippen LogP contribution in [0, 0.1) is 12.7 Å². The van der Waals surface area contributed by atoms with Gasteiger partial charge in [-0.2, -0.15) is 0 Å². The van der Waals surface area contributed by atoms with Crippen molar-refractivity contribution in [2.75, 3.05) is 5.73 Å². The molecule has 0 unspecified atom stereocenters. The zero-order chi connectivity index (χ0) is 15.1. The largest absolute Gasteiger partial charge is 0.477 e. The molecule has 0 aliphatic heterocycles. The van der Waals surface area contributed by atoms with Crippen molar-refractivity contribution in [1.82, 2.24) is 4.98 Å². The van der Waals surface area contributed by atoms with Crippen molar-refractivity contribution in [3.8, 4) is 10.6 Å². The fraction of sp³-hybridized carbons (Fsp3) is 0.0667. The maximum absolute atomic E-state index is 14.0. The van der Waals surface area contributed by atoms with Gasteiger partial charge in [-0.1, -0.05) is 6.07 Å². The zero-order valence-corrected chi connectivity index (χ0v) is 11.9. The minimum Gasteiger partial charge on any atom is -0.477 e. The summed E-state index contributed by atoms with van der Waals surface area (Å²) in [5, 5.41) is 10.5. The van der Waals surface area contributed by atoms with Crippen LogP contribution in [0.1, 0.15) is 15.2 Å². The van der Waals surface area contributed by atoms with Gasteiger partial charge in [0.05, 0.1) is 6.20 Å². The minimum absolute atomic E-state index is 0.152. The summed E-state index contributed by atoms with van der Waals surface area (Å²) in [4.78, 5) is 15.2. The molecule has 21 heavy (non-hydrogen) atoms. The standard InChI is InChI=1S/C15H11FN2O2S/c1-7-2-8-4-9(5-11(17)13(8)10(16)3-7)14-18-6-12(21-14)15(19)20/h2-6H,17H2,1H3,(H,19,20). The number of aromatic nitrogens is 1. The van der Waals surface area contributed by atoms with Crippen LogP contribution in [0.3, 0.4) is 0 Å². The molecule has 4 nitrogen and oxygen atoms in total. The Labute approximate surface area is 123 Å². The monoisotopic (exact) mass is 302 g/mol. The van der Waals surface area contributed by atoms with E-state index in [1.807, 2.05) is 6.07 Å². The second kappa shape index (κ2) is 4.82. The van der Waals surface area contributed by atoms with Crippen LogP contribution in [0.5, 0.6) is 0 Å². The number of nitrogens with two attached hydrogens (primary N) is 1. The summed E-state index contributed by atoms with van der Waals surface area (Å²) in [6, 6.07) is 6.66. The lowest BCUT2D eigenvalue weighted by molar-refractivity contribution is 0.0702. The van der Waals surface area contributed by atoms with E-state index in [0.29, 0.717) is 27.0 Å². The van der Waals surface area contributed by atoms with Crippen LogP contribution in [0.15, 0.2) is 30.5 Å². The Hall–Kier alpha value is -2.47. The number of carboxylic acids is 1. The number of thiazole rings is 1. The van der Waals surface area contributed by atoms with Crippen molar-refractivity contribution in [2.45, 2.75) is 6.92 Å². The molecule has 1 aromatic heterocycles. The van der Waals surface area contributed by atoms with E-state index >= 15 is 0 Å². The van der Waals surface area contributed by atoms with Crippen molar-refractivity contribution in [3.63, 3.8) is 0 Å². The Morgan fingerprint density at radius 2 is 2.10 bits per heavy atom. The van der Waals surface area contributed by atoms with Gasteiger partial charge in [-0.05, 0) is 36.1 Å². The maximum atomic E-state index is 14.0. The lowest BCUT2D eigenvalue weighted by atomic mass is 10.0. The zero-order valence-electron chi connectivity index (χ0n) is 11.1. The quantitative estimate of drug-likeness (QED) is 0.708. The van der Waals surface area contributed by atoms with Gasteiger partial charge >= 0.3 is 5.97 Å². The number of aryl methyl sites for hydroxylation is 1. The van der Waals surface area contributed by atoms with Gasteiger partial charge in [0.2, 0.25) is 0 Å². The third kappa shape index (κ3) is 2.34. The molecule has 1 heterocycles. The SMILES string of the molecule is Cc1cc(F)c2c(N)cc(-c3ncc(C(=O)O)s3)cc2c1. The number of hydrogen-bond donors (Lipinski definition) is 2. The molecule has 0 atom stereocenters. The second-order valence-electron chi connectivity index (χ2n) is 4.75. The molecular weight excluding hydrogens is 291 g/mol.